The number of aliphatic hydroxyl groups is 2. The molecule has 0 saturated heterocycles. The van der Waals surface area contributed by atoms with Crippen molar-refractivity contribution in [3.63, 3.8) is 0 Å². The Labute approximate surface area is 188 Å². The van der Waals surface area contributed by atoms with Crippen molar-refractivity contribution in [1.82, 2.24) is 0 Å². The second kappa shape index (κ2) is 8.53. The Balaban J connectivity index is 1.46. The van der Waals surface area contributed by atoms with Crippen LogP contribution < -0.4 is 0 Å². The van der Waals surface area contributed by atoms with Crippen LogP contribution in [0.2, 0.25) is 0 Å². The van der Waals surface area contributed by atoms with E-state index in [0.29, 0.717) is 41.9 Å². The highest BCUT2D eigenvalue weighted by molar-refractivity contribution is 7.80. The van der Waals surface area contributed by atoms with Gasteiger partial charge in [0.1, 0.15) is 0 Å². The van der Waals surface area contributed by atoms with Crippen molar-refractivity contribution in [2.75, 3.05) is 6.61 Å². The van der Waals surface area contributed by atoms with Crippen molar-refractivity contribution in [1.29, 1.82) is 0 Å². The van der Waals surface area contributed by atoms with Crippen molar-refractivity contribution < 1.29 is 27.4 Å². The van der Waals surface area contributed by atoms with E-state index < -0.39 is 10.4 Å². The lowest BCUT2D eigenvalue weighted by Gasteiger charge is -2.62. The topological polar surface area (TPSA) is 104 Å². The van der Waals surface area contributed by atoms with E-state index in [-0.39, 0.29) is 29.6 Å². The van der Waals surface area contributed by atoms with Crippen LogP contribution >= 0.6 is 0 Å². The summed E-state index contributed by atoms with van der Waals surface area (Å²) in [5.74, 6) is 3.18. The summed E-state index contributed by atoms with van der Waals surface area (Å²) in [4.78, 5) is 0. The number of hydrogen-bond donors (Lipinski definition) is 3. The van der Waals surface area contributed by atoms with Crippen LogP contribution in [0.25, 0.3) is 0 Å². The molecule has 0 aromatic rings. The van der Waals surface area contributed by atoms with Gasteiger partial charge in [0.25, 0.3) is 0 Å². The van der Waals surface area contributed by atoms with Gasteiger partial charge < -0.3 is 10.2 Å². The predicted octanol–water partition coefficient (Wildman–Crippen LogP) is 4.21. The van der Waals surface area contributed by atoms with Gasteiger partial charge >= 0.3 is 10.4 Å². The second-order valence-corrected chi connectivity index (χ2v) is 12.8. The minimum absolute atomic E-state index is 0.00881. The Morgan fingerprint density at radius 1 is 1.03 bits per heavy atom. The van der Waals surface area contributed by atoms with Crippen LogP contribution in [0.5, 0.6) is 0 Å². The summed E-state index contributed by atoms with van der Waals surface area (Å²) < 4.78 is 34.8. The molecule has 0 unspecified atom stereocenters. The minimum Gasteiger partial charge on any atom is -0.393 e. The van der Waals surface area contributed by atoms with E-state index in [1.165, 1.54) is 19.3 Å². The Kier molecular flexibility index (Phi) is 6.59. The van der Waals surface area contributed by atoms with E-state index in [4.69, 9.17) is 4.55 Å². The Bertz CT molecular complexity index is 755. The van der Waals surface area contributed by atoms with E-state index in [0.717, 1.165) is 38.5 Å². The molecule has 4 aliphatic carbocycles. The average Bonchev–Trinajstić information content (AvgIpc) is 3.05. The largest absolute Gasteiger partial charge is 0.397 e. The van der Waals surface area contributed by atoms with Crippen LogP contribution in [-0.4, -0.2) is 42.0 Å². The molecule has 0 heterocycles. The van der Waals surface area contributed by atoms with E-state index in [9.17, 15) is 18.6 Å². The first kappa shape index (κ1) is 23.9. The molecule has 6 nitrogen and oxygen atoms in total. The van der Waals surface area contributed by atoms with Crippen LogP contribution in [0.3, 0.4) is 0 Å². The molecule has 0 aromatic heterocycles. The van der Waals surface area contributed by atoms with E-state index in [2.05, 4.69) is 25.0 Å². The first-order chi connectivity index (χ1) is 14.5. The molecular formula is C24H42O6S. The first-order valence-corrected chi connectivity index (χ1v) is 13.8. The molecule has 4 fully saturated rings. The van der Waals surface area contributed by atoms with Gasteiger partial charge in [-0.15, -0.1) is 0 Å². The van der Waals surface area contributed by atoms with Gasteiger partial charge in [0.15, 0.2) is 0 Å². The zero-order chi connectivity index (χ0) is 22.6. The maximum absolute atomic E-state index is 11.5. The Morgan fingerprint density at radius 2 is 1.77 bits per heavy atom. The highest BCUT2D eigenvalue weighted by Crippen LogP contribution is 2.68. The highest BCUT2D eigenvalue weighted by Gasteiger charge is 2.63. The minimum atomic E-state index is -4.37. The lowest BCUT2D eigenvalue weighted by molar-refractivity contribution is -0.174. The molecule has 0 spiro atoms. The molecular weight excluding hydrogens is 416 g/mol. The molecule has 7 heteroatoms. The zero-order valence-electron chi connectivity index (χ0n) is 19.4. The quantitative estimate of drug-likeness (QED) is 0.407. The summed E-state index contributed by atoms with van der Waals surface area (Å²) in [7, 11) is -4.37. The third-order valence-corrected chi connectivity index (χ3v) is 11.0. The summed E-state index contributed by atoms with van der Waals surface area (Å²) in [6.07, 6.45) is 9.53. The average molecular weight is 459 g/mol. The number of fused-ring (bicyclic) bond motifs is 5. The van der Waals surface area contributed by atoms with Gasteiger partial charge in [-0.25, -0.2) is 4.18 Å². The number of rotatable bonds is 6. The molecule has 10 atom stereocenters. The second-order valence-electron chi connectivity index (χ2n) is 11.8. The van der Waals surface area contributed by atoms with Gasteiger partial charge in [-0.1, -0.05) is 20.8 Å². The van der Waals surface area contributed by atoms with Crippen molar-refractivity contribution in [3.05, 3.63) is 0 Å². The van der Waals surface area contributed by atoms with Crippen molar-refractivity contribution in [2.24, 2.45) is 46.3 Å². The van der Waals surface area contributed by atoms with Crippen molar-refractivity contribution in [3.8, 4) is 0 Å². The van der Waals surface area contributed by atoms with Gasteiger partial charge in [0, 0.05) is 0 Å². The van der Waals surface area contributed by atoms with E-state index in [1.54, 1.807) is 0 Å². The lowest BCUT2D eigenvalue weighted by atomic mass is 9.43. The molecule has 4 rings (SSSR count). The molecule has 180 valence electrons. The van der Waals surface area contributed by atoms with Crippen LogP contribution in [0, 0.1) is 46.3 Å². The van der Waals surface area contributed by atoms with Crippen LogP contribution in [0.1, 0.15) is 85.0 Å². The molecule has 31 heavy (non-hydrogen) atoms. The summed E-state index contributed by atoms with van der Waals surface area (Å²) in [5.41, 5.74) is 0.170. The van der Waals surface area contributed by atoms with Gasteiger partial charge in [-0.2, -0.15) is 8.42 Å². The summed E-state index contributed by atoms with van der Waals surface area (Å²) in [6.45, 7) is 7.00. The van der Waals surface area contributed by atoms with Crippen LogP contribution in [0.15, 0.2) is 0 Å². The normalized spacial score (nSPS) is 48.5. The predicted molar refractivity (Wildman–Crippen MR) is 119 cm³/mol. The Morgan fingerprint density at radius 3 is 2.48 bits per heavy atom. The molecule has 0 radical (unpaired) electrons. The molecule has 0 bridgehead atoms. The third-order valence-electron chi connectivity index (χ3n) is 10.5. The van der Waals surface area contributed by atoms with Crippen molar-refractivity contribution in [2.45, 2.75) is 97.2 Å². The third kappa shape index (κ3) is 4.23. The summed E-state index contributed by atoms with van der Waals surface area (Å²) in [5, 5.41) is 21.8. The van der Waals surface area contributed by atoms with Gasteiger partial charge in [-0.05, 0) is 111 Å². The van der Waals surface area contributed by atoms with Gasteiger partial charge in [0.05, 0.1) is 18.8 Å². The molecule has 0 aliphatic heterocycles. The van der Waals surface area contributed by atoms with Crippen LogP contribution in [0.4, 0.5) is 0 Å². The van der Waals surface area contributed by atoms with E-state index >= 15 is 0 Å². The maximum atomic E-state index is 11.5. The fraction of sp³-hybridized carbons (Fsp3) is 1.00. The van der Waals surface area contributed by atoms with Crippen molar-refractivity contribution >= 4 is 10.4 Å². The molecule has 0 aromatic carbocycles. The summed E-state index contributed by atoms with van der Waals surface area (Å²) >= 11 is 0. The molecule has 4 saturated carbocycles. The maximum Gasteiger partial charge on any atom is 0.397 e. The summed E-state index contributed by atoms with van der Waals surface area (Å²) in [6, 6.07) is 0. The van der Waals surface area contributed by atoms with Gasteiger partial charge in [0.2, 0.25) is 0 Å². The SMILES string of the molecule is C[C@H](CCCOS(=O)(=O)O)[C@H]1CC[C@H]2[C@@H]3CC[C@@H]4C[C@H](O)CC[C@]4(C)[C@H]3C[C@H](O)[C@]12C. The standard InChI is InChI=1S/C24H42O6S/c1-15(5-4-12-30-31(27,28)29)19-8-9-20-18-7-6-16-13-17(25)10-11-23(16,2)21(18)14-22(26)24(19,20)3/h15-22,25-26H,4-14H2,1-3H3,(H,27,28,29)/t15-,16-,17-,18+,19-,20+,21+,22+,23+,24-/m1/s1. The highest BCUT2D eigenvalue weighted by atomic mass is 32.3. The first-order valence-electron chi connectivity index (χ1n) is 12.4. The molecule has 4 aliphatic rings. The zero-order valence-corrected chi connectivity index (χ0v) is 20.2. The molecule has 0 amide bonds. The monoisotopic (exact) mass is 458 g/mol. The Hall–Kier alpha value is -0.210. The van der Waals surface area contributed by atoms with Gasteiger partial charge in [-0.3, -0.25) is 4.55 Å². The lowest BCUT2D eigenvalue weighted by Crippen LogP contribution is -2.58. The fourth-order valence-electron chi connectivity index (χ4n) is 8.93. The smallest absolute Gasteiger partial charge is 0.393 e. The van der Waals surface area contributed by atoms with E-state index in [1.807, 2.05) is 0 Å². The molecule has 3 N–H and O–H groups in total. The van der Waals surface area contributed by atoms with Crippen LogP contribution in [-0.2, 0) is 14.6 Å². The fourth-order valence-corrected chi connectivity index (χ4v) is 9.26. The number of aliphatic hydroxyl groups excluding tert-OH is 2. The number of hydrogen-bond acceptors (Lipinski definition) is 5.